The molecule has 7 rings (SSSR count). The minimum Gasteiger partial charge on any atom is -0.122 e. The summed E-state index contributed by atoms with van der Waals surface area (Å²) >= 11 is 42.6. The van der Waals surface area contributed by atoms with Crippen LogP contribution in [0.4, 0.5) is 0 Å². The minimum absolute atomic E-state index is 0.245. The molecule has 7 aromatic rings. The zero-order chi connectivity index (χ0) is 50.2. The highest BCUT2D eigenvalue weighted by Gasteiger charge is 2.37. The molecule has 7 aromatic carbocycles. The van der Waals surface area contributed by atoms with Crippen LogP contribution < -0.4 is 49.2 Å². The molecule has 0 heterocycles. The van der Waals surface area contributed by atoms with Crippen LogP contribution in [-0.4, -0.2) is 20.1 Å². The van der Waals surface area contributed by atoms with E-state index in [-0.39, 0.29) is 20.1 Å². The smallest absolute Gasteiger partial charge is 0.122 e. The van der Waals surface area contributed by atoms with Crippen LogP contribution in [0.2, 0.25) is 0 Å². The number of aryl methyl sites for hydroxylation is 12. The van der Waals surface area contributed by atoms with Crippen molar-refractivity contribution in [3.8, 4) is 0 Å². The maximum absolute atomic E-state index is 7.10. The van der Waals surface area contributed by atoms with Gasteiger partial charge in [0.25, 0.3) is 0 Å². The third-order valence-corrected chi connectivity index (χ3v) is 16.0. The van der Waals surface area contributed by atoms with E-state index in [9.17, 15) is 0 Å². The van der Waals surface area contributed by atoms with Gasteiger partial charge in [0.15, 0.2) is 0 Å². The quantitative estimate of drug-likeness (QED) is 0.0709. The fourth-order valence-electron chi connectivity index (χ4n) is 12.2. The molecule has 0 unspecified atom stereocenters. The Balaban J connectivity index is 1.79. The second kappa shape index (κ2) is 22.5. The molecule has 0 aliphatic heterocycles. The maximum Gasteiger partial charge on any atom is 0.242 e. The van der Waals surface area contributed by atoms with Crippen molar-refractivity contribution in [2.75, 3.05) is 0 Å². The zero-order valence-corrected chi connectivity index (χ0v) is 46.9. The van der Waals surface area contributed by atoms with Crippen molar-refractivity contribution in [1.29, 1.82) is 0 Å². The summed E-state index contributed by atoms with van der Waals surface area (Å²) in [5.41, 5.74) is 31.5. The lowest BCUT2D eigenvalue weighted by Crippen LogP contribution is -2.64. The Morgan fingerprint density at radius 3 is 0.507 bits per heavy atom. The summed E-state index contributed by atoms with van der Waals surface area (Å²) in [6, 6.07) is 34.8. The molecule has 0 N–H and O–H groups in total. The molecule has 0 nitrogen and oxygen atoms in total. The fourth-order valence-corrected chi connectivity index (χ4v) is 13.5. The molecule has 354 valence electrons. The van der Waals surface area contributed by atoms with Crippen LogP contribution >= 0.6 is 69.6 Å². The Bertz CT molecular complexity index is 2570. The third kappa shape index (κ3) is 10.8. The van der Waals surface area contributed by atoms with E-state index in [1.165, 1.54) is 99.5 Å². The summed E-state index contributed by atoms with van der Waals surface area (Å²) in [4.78, 5) is 0. The van der Waals surface area contributed by atoms with Gasteiger partial charge in [-0.2, -0.15) is 0 Å². The van der Waals surface area contributed by atoms with Gasteiger partial charge in [0.2, 0.25) is 20.1 Å². The van der Waals surface area contributed by atoms with E-state index < -0.39 is 0 Å². The van der Waals surface area contributed by atoms with E-state index in [0.717, 1.165) is 49.8 Å². The summed E-state index contributed by atoms with van der Waals surface area (Å²) in [6.07, 6.45) is 0. The number of hydrogen-bond donors (Lipinski definition) is 0. The van der Waals surface area contributed by atoms with Gasteiger partial charge in [-0.15, -0.1) is 69.6 Å². The second-order valence-electron chi connectivity index (χ2n) is 20.0. The summed E-state index contributed by atoms with van der Waals surface area (Å²) in [5.74, 6) is 2.17. The molecule has 69 heavy (non-hydrogen) atoms. The lowest BCUT2D eigenvalue weighted by molar-refractivity contribution is 1.31. The molecule has 0 spiro atoms. The first-order chi connectivity index (χ1) is 32.9. The normalized spacial score (nSPS) is 11.4. The van der Waals surface area contributed by atoms with Gasteiger partial charge in [-0.25, -0.2) is 0 Å². The minimum atomic E-state index is -0.245. The van der Waals surface area contributed by atoms with Crippen molar-refractivity contribution in [3.63, 3.8) is 0 Å². The van der Waals surface area contributed by atoms with Gasteiger partial charge < -0.3 is 0 Å². The van der Waals surface area contributed by atoms with Crippen molar-refractivity contribution in [2.45, 2.75) is 118 Å². The first-order valence-corrected chi connectivity index (χ1v) is 27.2. The van der Waals surface area contributed by atoms with E-state index in [4.69, 9.17) is 69.6 Å². The zero-order valence-electron chi connectivity index (χ0n) is 42.4. The van der Waals surface area contributed by atoms with Crippen LogP contribution in [0.1, 0.15) is 100 Å². The molecule has 0 saturated carbocycles. The molecular weight excluding hydrogens is 966 g/mol. The van der Waals surface area contributed by atoms with E-state index in [2.05, 4.69) is 174 Å². The molecule has 0 radical (unpaired) electrons. The molecule has 0 saturated heterocycles. The van der Waals surface area contributed by atoms with Gasteiger partial charge in [0.05, 0.1) is 0 Å². The van der Waals surface area contributed by atoms with E-state index in [0.29, 0.717) is 35.3 Å². The fraction of sp³-hybridized carbons (Fsp3) is 0.300. The first-order valence-electron chi connectivity index (χ1n) is 24.0. The first kappa shape index (κ1) is 53.3. The average molecular weight is 1030 g/mol. The standard InChI is InChI=1S/C60H63B3Cl6/c1-34-13-40(7)55(46(19-34)28-64)61(56-41(8)14-35(2)20-47(56)29-65)52-25-53(62(57-42(9)15-36(3)21-48(57)30-66)58-43(10)16-37(4)22-49(58)31-67)27-54(26-52)63(59-44(11)17-38(5)23-50(59)32-68)60-45(12)18-39(6)24-51(60)33-69/h13-27H,28-33H2,1-12H3. The molecule has 0 aliphatic rings. The predicted molar refractivity (Wildman–Crippen MR) is 313 cm³/mol. The Morgan fingerprint density at radius 2 is 0.377 bits per heavy atom. The summed E-state index contributed by atoms with van der Waals surface area (Å²) in [5, 5.41) is 0. The number of hydrogen-bond acceptors (Lipinski definition) is 0. The Hall–Kier alpha value is -3.53. The van der Waals surface area contributed by atoms with Crippen molar-refractivity contribution < 1.29 is 0 Å². The van der Waals surface area contributed by atoms with Crippen LogP contribution in [0.5, 0.6) is 0 Å². The SMILES string of the molecule is Cc1cc(C)c(B(c2cc(B(c3c(C)cc(C)cc3CCl)c3c(C)cc(C)cc3CCl)cc(B(c3c(C)cc(C)cc3CCl)c3c(C)cc(C)cc3CCl)c2)c2c(C)cc(C)cc2CCl)c(CCl)c1. The number of alkyl halides is 6. The van der Waals surface area contributed by atoms with Gasteiger partial charge in [-0.3, -0.25) is 0 Å². The van der Waals surface area contributed by atoms with E-state index >= 15 is 0 Å². The van der Waals surface area contributed by atoms with Gasteiger partial charge in [-0.05, 0) is 116 Å². The topological polar surface area (TPSA) is 0 Å². The second-order valence-corrected chi connectivity index (χ2v) is 21.6. The van der Waals surface area contributed by atoms with Crippen LogP contribution in [0.3, 0.4) is 0 Å². The third-order valence-electron chi connectivity index (χ3n) is 14.3. The van der Waals surface area contributed by atoms with E-state index in [1.807, 2.05) is 0 Å². The average Bonchev–Trinajstić information content (AvgIpc) is 3.29. The highest BCUT2D eigenvalue weighted by Crippen LogP contribution is 2.21. The maximum atomic E-state index is 7.10. The molecule has 0 bridgehead atoms. The Morgan fingerprint density at radius 1 is 0.232 bits per heavy atom. The largest absolute Gasteiger partial charge is 0.242 e. The van der Waals surface area contributed by atoms with Crippen molar-refractivity contribution in [2.24, 2.45) is 0 Å². The molecule has 0 amide bonds. The lowest BCUT2D eigenvalue weighted by Gasteiger charge is -2.31. The van der Waals surface area contributed by atoms with Crippen molar-refractivity contribution in [3.05, 3.63) is 191 Å². The number of rotatable bonds is 15. The summed E-state index contributed by atoms with van der Waals surface area (Å²) < 4.78 is 0. The van der Waals surface area contributed by atoms with Crippen LogP contribution in [-0.2, 0) is 35.3 Å². The van der Waals surface area contributed by atoms with Gasteiger partial charge in [0.1, 0.15) is 0 Å². The van der Waals surface area contributed by atoms with Crippen molar-refractivity contribution in [1.82, 2.24) is 0 Å². The van der Waals surface area contributed by atoms with Gasteiger partial charge in [-0.1, -0.05) is 207 Å². The van der Waals surface area contributed by atoms with Crippen LogP contribution in [0, 0.1) is 83.1 Å². The predicted octanol–water partition coefficient (Wildman–Crippen LogP) is 11.4. The highest BCUT2D eigenvalue weighted by molar-refractivity contribution is 7.01. The Kier molecular flexibility index (Phi) is 17.4. The number of halogens is 6. The molecule has 0 aromatic heterocycles. The van der Waals surface area contributed by atoms with Crippen LogP contribution in [0.15, 0.2) is 91.0 Å². The Labute approximate surface area is 445 Å². The van der Waals surface area contributed by atoms with Crippen molar-refractivity contribution >= 4 is 139 Å². The highest BCUT2D eigenvalue weighted by atomic mass is 35.5. The molecule has 0 fully saturated rings. The monoisotopic (exact) mass is 1030 g/mol. The van der Waals surface area contributed by atoms with Crippen LogP contribution in [0.25, 0.3) is 0 Å². The molecule has 0 atom stereocenters. The van der Waals surface area contributed by atoms with E-state index in [1.54, 1.807) is 0 Å². The lowest BCUT2D eigenvalue weighted by atomic mass is 9.28. The molecule has 0 aliphatic carbocycles. The van der Waals surface area contributed by atoms with Gasteiger partial charge in [0, 0.05) is 35.3 Å². The number of benzene rings is 7. The molecular formula is C60H63B3Cl6. The summed E-state index contributed by atoms with van der Waals surface area (Å²) in [6.45, 7) is 25.6. The molecule has 9 heteroatoms. The summed E-state index contributed by atoms with van der Waals surface area (Å²) in [7, 11) is 0. The van der Waals surface area contributed by atoms with Gasteiger partial charge >= 0.3 is 0 Å².